The quantitative estimate of drug-likeness (QED) is 0.372. The highest BCUT2D eigenvalue weighted by Crippen LogP contribution is 2.75. The summed E-state index contributed by atoms with van der Waals surface area (Å²) < 4.78 is 17.8. The first-order chi connectivity index (χ1) is 20.6. The molecule has 1 aliphatic heterocycles. The maximum absolute atomic E-state index is 14.6. The summed E-state index contributed by atoms with van der Waals surface area (Å²) in [6.07, 6.45) is 10.7. The smallest absolute Gasteiger partial charge is 0.309 e. The third kappa shape index (κ3) is 4.00. The zero-order valence-electron chi connectivity index (χ0n) is 27.9. The van der Waals surface area contributed by atoms with Gasteiger partial charge in [-0.2, -0.15) is 0 Å². The van der Waals surface area contributed by atoms with Crippen molar-refractivity contribution in [1.29, 1.82) is 0 Å². The van der Waals surface area contributed by atoms with Gasteiger partial charge in [0.1, 0.15) is 0 Å². The second-order valence-corrected chi connectivity index (χ2v) is 17.4. The van der Waals surface area contributed by atoms with Gasteiger partial charge in [0.2, 0.25) is 6.79 Å². The number of ether oxygens (including phenoxy) is 3. The molecular weight excluding hydrogens is 552 g/mol. The molecule has 1 N–H and O–H groups in total. The number of allylic oxidation sites excluding steroid dienone is 2. The van der Waals surface area contributed by atoms with E-state index in [4.69, 9.17) is 14.2 Å². The molecular formula is C38H52O6. The first-order valence-electron chi connectivity index (χ1n) is 17.1. The second-order valence-electron chi connectivity index (χ2n) is 17.4. The van der Waals surface area contributed by atoms with Crippen molar-refractivity contribution in [3.63, 3.8) is 0 Å². The van der Waals surface area contributed by atoms with Gasteiger partial charge in [-0.1, -0.05) is 53.2 Å². The Kier molecular flexibility index (Phi) is 6.61. The Morgan fingerprint density at radius 2 is 1.66 bits per heavy atom. The van der Waals surface area contributed by atoms with Crippen LogP contribution in [-0.4, -0.2) is 29.8 Å². The summed E-state index contributed by atoms with van der Waals surface area (Å²) in [5.74, 6) is 1.69. The monoisotopic (exact) mass is 604 g/mol. The van der Waals surface area contributed by atoms with Gasteiger partial charge in [-0.25, -0.2) is 0 Å². The van der Waals surface area contributed by atoms with Crippen LogP contribution in [0.15, 0.2) is 29.8 Å². The number of carbonyl (C=O) groups is 2. The largest absolute Gasteiger partial charge is 0.481 e. The molecule has 4 fully saturated rings. The van der Waals surface area contributed by atoms with E-state index in [1.54, 1.807) is 0 Å². The number of carboxylic acids is 1. The highest BCUT2D eigenvalue weighted by Gasteiger charge is 2.70. The molecule has 1 aromatic carbocycles. The Morgan fingerprint density at radius 3 is 2.41 bits per heavy atom. The van der Waals surface area contributed by atoms with Gasteiger partial charge in [0, 0.05) is 5.92 Å². The third-order valence-electron chi connectivity index (χ3n) is 14.9. The lowest BCUT2D eigenvalue weighted by Gasteiger charge is -2.70. The molecule has 0 bridgehead atoms. The van der Waals surface area contributed by atoms with E-state index >= 15 is 0 Å². The van der Waals surface area contributed by atoms with Crippen molar-refractivity contribution in [2.24, 2.45) is 50.2 Å². The number of benzene rings is 1. The molecule has 6 heteroatoms. The van der Waals surface area contributed by atoms with Gasteiger partial charge in [-0.15, -0.1) is 0 Å². The van der Waals surface area contributed by atoms with Crippen LogP contribution in [0.4, 0.5) is 0 Å². The summed E-state index contributed by atoms with van der Waals surface area (Å²) in [5.41, 5.74) is 1.29. The summed E-state index contributed by atoms with van der Waals surface area (Å²) in [5, 5.41) is 10.2. The van der Waals surface area contributed by atoms with Gasteiger partial charge >= 0.3 is 5.97 Å². The van der Waals surface area contributed by atoms with Gasteiger partial charge in [-0.3, -0.25) is 9.59 Å². The van der Waals surface area contributed by atoms with Crippen LogP contribution in [0.2, 0.25) is 0 Å². The van der Waals surface area contributed by atoms with E-state index in [9.17, 15) is 14.7 Å². The van der Waals surface area contributed by atoms with E-state index in [2.05, 4.69) is 53.7 Å². The maximum atomic E-state index is 14.6. The SMILES string of the molecule is CC1(C)[C@@H](OCc2ccc3c(c2)OCO3)CC[C@]2(C)[C@H]3C(=O)C=C4[C@@H]5C[C@@](C)(C(=O)O)CC[C@]5(C)CC[C@@]4(C)[C@]3(C)CC[C@@H]12. The van der Waals surface area contributed by atoms with E-state index in [0.29, 0.717) is 24.7 Å². The van der Waals surface area contributed by atoms with Crippen molar-refractivity contribution in [3.05, 3.63) is 35.4 Å². The molecule has 5 aliphatic carbocycles. The molecule has 4 saturated carbocycles. The zero-order valence-corrected chi connectivity index (χ0v) is 27.9. The molecule has 7 rings (SSSR count). The number of hydrogen-bond donors (Lipinski definition) is 1. The number of aliphatic carboxylic acids is 1. The predicted octanol–water partition coefficient (Wildman–Crippen LogP) is 8.37. The Bertz CT molecular complexity index is 1430. The Hall–Kier alpha value is -2.34. The normalized spacial score (nSPS) is 45.3. The Labute approximate surface area is 263 Å². The summed E-state index contributed by atoms with van der Waals surface area (Å²) in [6, 6.07) is 6.05. The highest BCUT2D eigenvalue weighted by molar-refractivity contribution is 5.95. The van der Waals surface area contributed by atoms with Gasteiger partial charge in [-0.05, 0) is 127 Å². The molecule has 240 valence electrons. The molecule has 6 nitrogen and oxygen atoms in total. The van der Waals surface area contributed by atoms with Crippen LogP contribution >= 0.6 is 0 Å². The van der Waals surface area contributed by atoms with Crippen LogP contribution < -0.4 is 9.47 Å². The fraction of sp³-hybridized carbons (Fsp3) is 0.737. The number of carbonyl (C=O) groups excluding carboxylic acids is 1. The molecule has 0 unspecified atom stereocenters. The lowest BCUT2D eigenvalue weighted by molar-refractivity contribution is -0.211. The van der Waals surface area contributed by atoms with Crippen LogP contribution in [-0.2, 0) is 20.9 Å². The molecule has 0 spiro atoms. The fourth-order valence-electron chi connectivity index (χ4n) is 11.9. The average molecular weight is 605 g/mol. The van der Waals surface area contributed by atoms with Crippen molar-refractivity contribution in [2.75, 3.05) is 6.79 Å². The first-order valence-corrected chi connectivity index (χ1v) is 17.1. The van der Waals surface area contributed by atoms with Crippen molar-refractivity contribution in [3.8, 4) is 11.5 Å². The predicted molar refractivity (Wildman–Crippen MR) is 168 cm³/mol. The summed E-state index contributed by atoms with van der Waals surface area (Å²) in [7, 11) is 0. The van der Waals surface area contributed by atoms with Crippen molar-refractivity contribution < 1.29 is 28.9 Å². The molecule has 6 aliphatic rings. The van der Waals surface area contributed by atoms with Gasteiger partial charge in [0.05, 0.1) is 18.1 Å². The average Bonchev–Trinajstić information content (AvgIpc) is 3.42. The van der Waals surface area contributed by atoms with E-state index in [1.165, 1.54) is 5.57 Å². The number of hydrogen-bond acceptors (Lipinski definition) is 5. The van der Waals surface area contributed by atoms with Crippen molar-refractivity contribution >= 4 is 11.8 Å². The topological polar surface area (TPSA) is 82.1 Å². The number of carboxylic acid groups (broad SMARTS) is 1. The van der Waals surface area contributed by atoms with Crippen LogP contribution in [0.25, 0.3) is 0 Å². The van der Waals surface area contributed by atoms with E-state index < -0.39 is 11.4 Å². The van der Waals surface area contributed by atoms with E-state index in [-0.39, 0.29) is 51.8 Å². The van der Waals surface area contributed by atoms with Crippen molar-refractivity contribution in [2.45, 2.75) is 119 Å². The number of fused-ring (bicyclic) bond motifs is 8. The maximum Gasteiger partial charge on any atom is 0.309 e. The van der Waals surface area contributed by atoms with Gasteiger partial charge in [0.15, 0.2) is 17.3 Å². The van der Waals surface area contributed by atoms with Crippen molar-refractivity contribution in [1.82, 2.24) is 0 Å². The second kappa shape index (κ2) is 9.59. The molecule has 0 saturated heterocycles. The van der Waals surface area contributed by atoms with Crippen LogP contribution in [0.1, 0.15) is 112 Å². The lowest BCUT2D eigenvalue weighted by atomic mass is 9.33. The molecule has 1 heterocycles. The minimum absolute atomic E-state index is 0.0320. The standard InChI is InChI=1S/C38H52O6/c1-33(2)29-10-13-38(7)31(36(29,5)12-11-30(33)42-21-23-8-9-27-28(18-23)44-22-43-27)26(39)19-24-25-20-35(4,32(40)41)15-14-34(25,3)16-17-37(24,38)6/h8-9,18-19,25,29-31H,10-17,20-22H2,1-7H3,(H,40,41)/t25-,29-,30-,31+,34+,35-,36-,37+,38+/m0/s1. The molecule has 9 atom stereocenters. The van der Waals surface area contributed by atoms with Gasteiger partial charge < -0.3 is 19.3 Å². The summed E-state index contributed by atoms with van der Waals surface area (Å²) in [4.78, 5) is 27.0. The zero-order chi connectivity index (χ0) is 31.5. The summed E-state index contributed by atoms with van der Waals surface area (Å²) >= 11 is 0. The molecule has 44 heavy (non-hydrogen) atoms. The van der Waals surface area contributed by atoms with E-state index in [0.717, 1.165) is 68.4 Å². The van der Waals surface area contributed by atoms with Crippen LogP contribution in [0.5, 0.6) is 11.5 Å². The first kappa shape index (κ1) is 30.3. The van der Waals surface area contributed by atoms with Crippen LogP contribution in [0, 0.1) is 50.2 Å². The fourth-order valence-corrected chi connectivity index (χ4v) is 11.9. The van der Waals surface area contributed by atoms with Gasteiger partial charge in [0.25, 0.3) is 0 Å². The molecule has 0 aromatic heterocycles. The minimum Gasteiger partial charge on any atom is -0.481 e. The molecule has 0 radical (unpaired) electrons. The lowest BCUT2D eigenvalue weighted by Crippen LogP contribution is -2.66. The van der Waals surface area contributed by atoms with Crippen LogP contribution in [0.3, 0.4) is 0 Å². The van der Waals surface area contributed by atoms with E-state index in [1.807, 2.05) is 19.1 Å². The summed E-state index contributed by atoms with van der Waals surface area (Å²) in [6.45, 7) is 17.1. The highest BCUT2D eigenvalue weighted by atomic mass is 16.7. The number of rotatable bonds is 4. The molecule has 0 amide bonds. The Morgan fingerprint density at radius 1 is 0.932 bits per heavy atom. The number of ketones is 1. The minimum atomic E-state index is -0.725. The molecule has 1 aromatic rings. The third-order valence-corrected chi connectivity index (χ3v) is 14.9. The Balaban J connectivity index is 1.18.